The first-order chi connectivity index (χ1) is 12.5. The van der Waals surface area contributed by atoms with Gasteiger partial charge in [0.15, 0.2) is 5.96 Å². The molecule has 0 aliphatic heterocycles. The number of aliphatic imine (C=N–C) groups is 1. The van der Waals surface area contributed by atoms with Crippen LogP contribution in [0, 0.1) is 0 Å². The third-order valence-corrected chi connectivity index (χ3v) is 7.42. The minimum absolute atomic E-state index is 0.253. The van der Waals surface area contributed by atoms with E-state index in [9.17, 15) is 8.42 Å². The maximum atomic E-state index is 12.0. The number of guanidine groups is 1. The zero-order valence-electron chi connectivity index (χ0n) is 15.0. The number of hydrogen-bond donors (Lipinski definition) is 3. The highest BCUT2D eigenvalue weighted by Crippen LogP contribution is 2.15. The minimum atomic E-state index is -3.43. The van der Waals surface area contributed by atoms with Gasteiger partial charge in [0.05, 0.1) is 11.6 Å². The van der Waals surface area contributed by atoms with Gasteiger partial charge in [-0.25, -0.2) is 18.1 Å². The lowest BCUT2D eigenvalue weighted by molar-refractivity contribution is 0.584. The fraction of sp³-hybridized carbons (Fsp3) is 0.500. The van der Waals surface area contributed by atoms with Gasteiger partial charge in [0.2, 0.25) is 10.0 Å². The maximum Gasteiger partial charge on any atom is 0.250 e. The maximum absolute atomic E-state index is 12.0. The molecule has 144 valence electrons. The van der Waals surface area contributed by atoms with Crippen LogP contribution >= 0.6 is 22.7 Å². The third kappa shape index (κ3) is 6.67. The second-order valence-electron chi connectivity index (χ2n) is 5.34. The Bertz CT molecular complexity index is 785. The van der Waals surface area contributed by atoms with Crippen LogP contribution in [-0.2, 0) is 22.9 Å². The van der Waals surface area contributed by atoms with Gasteiger partial charge < -0.3 is 10.6 Å². The number of thiazole rings is 1. The molecule has 0 radical (unpaired) electrons. The lowest BCUT2D eigenvalue weighted by Gasteiger charge is -2.10. The van der Waals surface area contributed by atoms with Crippen molar-refractivity contribution in [2.24, 2.45) is 4.99 Å². The van der Waals surface area contributed by atoms with E-state index >= 15 is 0 Å². The summed E-state index contributed by atoms with van der Waals surface area (Å²) in [7, 11) is -3.43. The van der Waals surface area contributed by atoms with Crippen LogP contribution in [0.5, 0.6) is 0 Å². The molecule has 0 aliphatic rings. The number of rotatable bonds is 10. The molecule has 2 aromatic heterocycles. The summed E-state index contributed by atoms with van der Waals surface area (Å²) in [6.07, 6.45) is 3.77. The number of thiophene rings is 1. The molecule has 26 heavy (non-hydrogen) atoms. The van der Waals surface area contributed by atoms with Gasteiger partial charge in [-0.15, -0.1) is 22.7 Å². The summed E-state index contributed by atoms with van der Waals surface area (Å²) in [6, 6.07) is 3.31. The van der Waals surface area contributed by atoms with Crippen LogP contribution < -0.4 is 15.4 Å². The van der Waals surface area contributed by atoms with Crippen molar-refractivity contribution in [1.29, 1.82) is 0 Å². The topological polar surface area (TPSA) is 95.5 Å². The van der Waals surface area contributed by atoms with Crippen molar-refractivity contribution >= 4 is 38.7 Å². The lowest BCUT2D eigenvalue weighted by Crippen LogP contribution is -2.39. The van der Waals surface area contributed by atoms with Gasteiger partial charge in [-0.2, -0.15) is 0 Å². The van der Waals surface area contributed by atoms with Gasteiger partial charge in [0.25, 0.3) is 0 Å². The zero-order valence-corrected chi connectivity index (χ0v) is 17.4. The molecule has 0 atom stereocenters. The molecule has 0 saturated heterocycles. The fourth-order valence-corrected chi connectivity index (χ4v) is 5.01. The Hall–Kier alpha value is -1.49. The van der Waals surface area contributed by atoms with Crippen LogP contribution in [0.15, 0.2) is 32.9 Å². The van der Waals surface area contributed by atoms with Crippen molar-refractivity contribution in [1.82, 2.24) is 20.3 Å². The monoisotopic (exact) mass is 415 g/mol. The van der Waals surface area contributed by atoms with Crippen LogP contribution in [0.25, 0.3) is 0 Å². The van der Waals surface area contributed by atoms with Gasteiger partial charge in [0, 0.05) is 37.1 Å². The van der Waals surface area contributed by atoms with Crippen LogP contribution in [0.1, 0.15) is 23.7 Å². The second-order valence-corrected chi connectivity index (χ2v) is 9.48. The molecule has 3 N–H and O–H groups in total. The predicted molar refractivity (Wildman–Crippen MR) is 109 cm³/mol. The first kappa shape index (κ1) is 20.8. The van der Waals surface area contributed by atoms with E-state index in [1.54, 1.807) is 28.8 Å². The van der Waals surface area contributed by atoms with Crippen molar-refractivity contribution in [3.05, 3.63) is 33.6 Å². The summed E-state index contributed by atoms with van der Waals surface area (Å²) < 4.78 is 26.9. The molecule has 2 heterocycles. The molecule has 7 nitrogen and oxygen atoms in total. The van der Waals surface area contributed by atoms with E-state index in [1.165, 1.54) is 16.2 Å². The van der Waals surface area contributed by atoms with Gasteiger partial charge in [0.1, 0.15) is 4.21 Å². The van der Waals surface area contributed by atoms with E-state index < -0.39 is 10.0 Å². The molecule has 2 aromatic rings. The molecule has 0 bridgehead atoms. The van der Waals surface area contributed by atoms with Crippen molar-refractivity contribution < 1.29 is 8.42 Å². The highest BCUT2D eigenvalue weighted by atomic mass is 32.2. The number of aryl methyl sites for hydroxylation is 1. The van der Waals surface area contributed by atoms with E-state index in [1.807, 2.05) is 13.1 Å². The first-order valence-corrected chi connectivity index (χ1v) is 11.7. The van der Waals surface area contributed by atoms with Gasteiger partial charge in [-0.3, -0.25) is 4.99 Å². The van der Waals surface area contributed by atoms with Crippen molar-refractivity contribution in [2.75, 3.05) is 26.2 Å². The Balaban J connectivity index is 1.76. The van der Waals surface area contributed by atoms with Gasteiger partial charge in [-0.05, 0) is 24.8 Å². The molecule has 0 aliphatic carbocycles. The highest BCUT2D eigenvalue weighted by Gasteiger charge is 2.13. The smallest absolute Gasteiger partial charge is 0.250 e. The summed E-state index contributed by atoms with van der Waals surface area (Å²) in [4.78, 5) is 10.1. The molecule has 0 aromatic carbocycles. The molecular weight excluding hydrogens is 390 g/mol. The third-order valence-electron chi connectivity index (χ3n) is 3.36. The zero-order chi connectivity index (χ0) is 18.8. The van der Waals surface area contributed by atoms with E-state index in [0.29, 0.717) is 16.7 Å². The van der Waals surface area contributed by atoms with E-state index in [4.69, 9.17) is 0 Å². The van der Waals surface area contributed by atoms with Crippen LogP contribution in [0.4, 0.5) is 0 Å². The number of sulfonamides is 1. The molecule has 0 spiro atoms. The number of nitrogens with zero attached hydrogens (tertiary/aromatic N) is 2. The van der Waals surface area contributed by atoms with Crippen molar-refractivity contribution in [2.45, 2.75) is 30.9 Å². The normalized spacial score (nSPS) is 12.3. The summed E-state index contributed by atoms with van der Waals surface area (Å²) in [6.45, 7) is 6.19. The van der Waals surface area contributed by atoms with E-state index in [0.717, 1.165) is 30.9 Å². The number of aromatic nitrogens is 1. The Kier molecular flexibility index (Phi) is 8.49. The molecule has 2 rings (SSSR count). The standard InChI is InChI=1S/C16H25N5O2S3/c1-3-13-12-20-14(25-13)7-8-18-16(17-4-2)19-9-10-21-26(22,23)15-6-5-11-24-15/h5-6,11-12,21H,3-4,7-10H2,1-2H3,(H2,17,18,19). The largest absolute Gasteiger partial charge is 0.357 e. The summed E-state index contributed by atoms with van der Waals surface area (Å²) in [5.74, 6) is 0.676. The highest BCUT2D eigenvalue weighted by molar-refractivity contribution is 7.91. The Morgan fingerprint density at radius 2 is 2.12 bits per heavy atom. The molecule has 0 unspecified atom stereocenters. The molecule has 0 amide bonds. The minimum Gasteiger partial charge on any atom is -0.357 e. The predicted octanol–water partition coefficient (Wildman–Crippen LogP) is 1.84. The van der Waals surface area contributed by atoms with Crippen LogP contribution in [-0.4, -0.2) is 45.5 Å². The quantitative estimate of drug-likeness (QED) is 0.313. The second kappa shape index (κ2) is 10.6. The van der Waals surface area contributed by atoms with E-state index in [-0.39, 0.29) is 6.54 Å². The Morgan fingerprint density at radius 1 is 1.27 bits per heavy atom. The van der Waals surface area contributed by atoms with E-state index in [2.05, 4.69) is 32.3 Å². The average Bonchev–Trinajstić information content (AvgIpc) is 3.30. The van der Waals surface area contributed by atoms with Gasteiger partial charge in [-0.1, -0.05) is 13.0 Å². The SMILES string of the molecule is CCNC(=NCCNS(=O)(=O)c1cccs1)NCCc1ncc(CC)s1. The molecule has 10 heteroatoms. The van der Waals surface area contributed by atoms with Crippen molar-refractivity contribution in [3.63, 3.8) is 0 Å². The Labute approximate surface area is 163 Å². The average molecular weight is 416 g/mol. The molecule has 0 saturated carbocycles. The van der Waals surface area contributed by atoms with Crippen LogP contribution in [0.3, 0.4) is 0 Å². The Morgan fingerprint density at radius 3 is 2.77 bits per heavy atom. The summed E-state index contributed by atoms with van der Waals surface area (Å²) >= 11 is 2.93. The van der Waals surface area contributed by atoms with Crippen molar-refractivity contribution in [3.8, 4) is 0 Å². The molecular formula is C16H25N5O2S3. The number of hydrogen-bond acceptors (Lipinski definition) is 6. The first-order valence-electron chi connectivity index (χ1n) is 8.54. The summed E-state index contributed by atoms with van der Waals surface area (Å²) in [5.41, 5.74) is 0. The lowest BCUT2D eigenvalue weighted by atomic mass is 10.4. The molecule has 0 fully saturated rings. The fourth-order valence-electron chi connectivity index (χ4n) is 2.09. The summed E-state index contributed by atoms with van der Waals surface area (Å²) in [5, 5.41) is 9.26. The number of nitrogens with one attached hydrogen (secondary N) is 3. The van der Waals surface area contributed by atoms with Crippen LogP contribution in [0.2, 0.25) is 0 Å². The van der Waals surface area contributed by atoms with Gasteiger partial charge >= 0.3 is 0 Å².